The zero-order chi connectivity index (χ0) is 17.0. The molecule has 0 aliphatic carbocycles. The molecule has 0 spiro atoms. The number of anilines is 1. The summed E-state index contributed by atoms with van der Waals surface area (Å²) in [6.07, 6.45) is 1.48. The second-order valence-corrected chi connectivity index (χ2v) is 5.98. The van der Waals surface area contributed by atoms with Crippen LogP contribution in [-0.2, 0) is 9.59 Å². The maximum atomic E-state index is 13.1. The Kier molecular flexibility index (Phi) is 7.57. The fraction of sp³-hybridized carbons (Fsp3) is 0.500. The summed E-state index contributed by atoms with van der Waals surface area (Å²) in [5.74, 6) is -2.22. The fourth-order valence-corrected chi connectivity index (χ4v) is 2.79. The maximum Gasteiger partial charge on any atom is 0.243 e. The van der Waals surface area contributed by atoms with Gasteiger partial charge in [0.2, 0.25) is 11.8 Å². The van der Waals surface area contributed by atoms with Crippen molar-refractivity contribution >= 4 is 29.9 Å². The van der Waals surface area contributed by atoms with Crippen LogP contribution in [0.15, 0.2) is 18.2 Å². The molecule has 1 aromatic rings. The van der Waals surface area contributed by atoms with Crippen molar-refractivity contribution in [2.45, 2.75) is 25.8 Å². The molecule has 8 heteroatoms. The molecule has 0 saturated carbocycles. The van der Waals surface area contributed by atoms with Gasteiger partial charge in [0.1, 0.15) is 11.6 Å². The second kappa shape index (κ2) is 8.94. The number of amides is 2. The van der Waals surface area contributed by atoms with E-state index in [0.717, 1.165) is 37.6 Å². The molecule has 2 amide bonds. The summed E-state index contributed by atoms with van der Waals surface area (Å²) in [7, 11) is 1.56. The number of nitrogens with one attached hydrogen (secondary N) is 2. The molecule has 0 bridgehead atoms. The van der Waals surface area contributed by atoms with E-state index in [4.69, 9.17) is 0 Å². The molecule has 2 rings (SSSR count). The van der Waals surface area contributed by atoms with Gasteiger partial charge in [0.15, 0.2) is 0 Å². The maximum absolute atomic E-state index is 13.1. The van der Waals surface area contributed by atoms with E-state index in [1.807, 2.05) is 6.92 Å². The van der Waals surface area contributed by atoms with E-state index in [0.29, 0.717) is 0 Å². The zero-order valence-electron chi connectivity index (χ0n) is 13.6. The van der Waals surface area contributed by atoms with Crippen molar-refractivity contribution in [3.05, 3.63) is 29.8 Å². The Morgan fingerprint density at radius 1 is 1.29 bits per heavy atom. The summed E-state index contributed by atoms with van der Waals surface area (Å²) < 4.78 is 26.2. The number of benzene rings is 1. The highest BCUT2D eigenvalue weighted by Gasteiger charge is 2.27. The van der Waals surface area contributed by atoms with Crippen molar-refractivity contribution in [3.63, 3.8) is 0 Å². The van der Waals surface area contributed by atoms with Crippen LogP contribution in [0.5, 0.6) is 0 Å². The fourth-order valence-electron chi connectivity index (χ4n) is 2.79. The van der Waals surface area contributed by atoms with Gasteiger partial charge in [0.05, 0.1) is 6.54 Å². The molecule has 1 saturated heterocycles. The number of hydrogen-bond acceptors (Lipinski definition) is 3. The molecule has 2 atom stereocenters. The zero-order valence-corrected chi connectivity index (χ0v) is 14.5. The molecule has 1 aromatic carbocycles. The van der Waals surface area contributed by atoms with Crippen molar-refractivity contribution < 1.29 is 18.4 Å². The van der Waals surface area contributed by atoms with Crippen LogP contribution >= 0.6 is 12.4 Å². The first-order chi connectivity index (χ1) is 10.8. The number of likely N-dealkylation sites (N-methyl/N-ethyl adjacent to an activating group) is 1. The molecule has 134 valence electrons. The third-order valence-corrected chi connectivity index (χ3v) is 3.88. The van der Waals surface area contributed by atoms with E-state index in [-0.39, 0.29) is 42.5 Å². The molecule has 0 radical (unpaired) electrons. The highest BCUT2D eigenvalue weighted by atomic mass is 35.5. The van der Waals surface area contributed by atoms with Crippen molar-refractivity contribution in [3.8, 4) is 0 Å². The van der Waals surface area contributed by atoms with Crippen LogP contribution in [0.4, 0.5) is 14.5 Å². The lowest BCUT2D eigenvalue weighted by Gasteiger charge is -2.30. The third kappa shape index (κ3) is 5.72. The van der Waals surface area contributed by atoms with Crippen molar-refractivity contribution in [1.29, 1.82) is 0 Å². The Bertz CT molecular complexity index is 580. The minimum atomic E-state index is -0.770. The molecule has 1 aliphatic rings. The number of hydrogen-bond donors (Lipinski definition) is 2. The van der Waals surface area contributed by atoms with Crippen LogP contribution < -0.4 is 10.6 Å². The number of nitrogens with zero attached hydrogens (tertiary/aromatic N) is 1. The van der Waals surface area contributed by atoms with Gasteiger partial charge in [0.25, 0.3) is 0 Å². The lowest BCUT2D eigenvalue weighted by molar-refractivity contribution is -0.137. The number of piperidine rings is 1. The van der Waals surface area contributed by atoms with E-state index in [1.165, 1.54) is 4.90 Å². The number of carbonyl (C=O) groups excluding carboxylic acids is 2. The Hall–Kier alpha value is -1.73. The topological polar surface area (TPSA) is 61.4 Å². The minimum absolute atomic E-state index is 0. The molecule has 1 fully saturated rings. The average Bonchev–Trinajstić information content (AvgIpc) is 2.45. The lowest BCUT2D eigenvalue weighted by Crippen LogP contribution is -2.44. The van der Waals surface area contributed by atoms with Crippen LogP contribution in [0.25, 0.3) is 0 Å². The van der Waals surface area contributed by atoms with Crippen LogP contribution in [-0.4, -0.2) is 42.9 Å². The van der Waals surface area contributed by atoms with E-state index < -0.39 is 17.5 Å². The molecule has 0 aromatic heterocycles. The normalized spacial score (nSPS) is 20.0. The highest BCUT2D eigenvalue weighted by Crippen LogP contribution is 2.18. The van der Waals surface area contributed by atoms with E-state index in [1.54, 1.807) is 7.05 Å². The minimum Gasteiger partial charge on any atom is -0.336 e. The monoisotopic (exact) mass is 361 g/mol. The van der Waals surface area contributed by atoms with E-state index in [9.17, 15) is 18.4 Å². The van der Waals surface area contributed by atoms with Gasteiger partial charge in [-0.05, 0) is 38.4 Å². The third-order valence-electron chi connectivity index (χ3n) is 3.88. The van der Waals surface area contributed by atoms with Gasteiger partial charge in [-0.25, -0.2) is 8.78 Å². The van der Waals surface area contributed by atoms with Gasteiger partial charge >= 0.3 is 0 Å². The molecule has 24 heavy (non-hydrogen) atoms. The summed E-state index contributed by atoms with van der Waals surface area (Å²) in [6.45, 7) is 2.64. The van der Waals surface area contributed by atoms with Crippen LogP contribution in [0, 0.1) is 17.6 Å². The van der Waals surface area contributed by atoms with Crippen LogP contribution in [0.3, 0.4) is 0 Å². The van der Waals surface area contributed by atoms with Gasteiger partial charge in [-0.1, -0.05) is 0 Å². The van der Waals surface area contributed by atoms with Gasteiger partial charge in [-0.15, -0.1) is 12.4 Å². The molecule has 2 N–H and O–H groups in total. The summed E-state index contributed by atoms with van der Waals surface area (Å²) in [5.41, 5.74) is 0.0313. The predicted octanol–water partition coefficient (Wildman–Crippen LogP) is 2.17. The van der Waals surface area contributed by atoms with Crippen molar-refractivity contribution in [1.82, 2.24) is 10.2 Å². The van der Waals surface area contributed by atoms with Gasteiger partial charge in [0, 0.05) is 30.8 Å². The predicted molar refractivity (Wildman–Crippen MR) is 90.1 cm³/mol. The van der Waals surface area contributed by atoms with Crippen LogP contribution in [0.2, 0.25) is 0 Å². The highest BCUT2D eigenvalue weighted by molar-refractivity contribution is 5.94. The Morgan fingerprint density at radius 2 is 1.92 bits per heavy atom. The summed E-state index contributed by atoms with van der Waals surface area (Å²) in [6, 6.07) is 3.05. The number of rotatable bonds is 4. The largest absolute Gasteiger partial charge is 0.336 e. The van der Waals surface area contributed by atoms with Crippen LogP contribution in [0.1, 0.15) is 19.8 Å². The summed E-state index contributed by atoms with van der Waals surface area (Å²) in [4.78, 5) is 25.6. The van der Waals surface area contributed by atoms with E-state index >= 15 is 0 Å². The SMILES string of the molecule is C[C@H]1C[C@@H](C(=O)N(C)CC(=O)Nc2cc(F)cc(F)c2)CCN1.Cl. The Labute approximate surface area is 146 Å². The Morgan fingerprint density at radius 3 is 2.50 bits per heavy atom. The smallest absolute Gasteiger partial charge is 0.243 e. The Balaban J connectivity index is 0.00000288. The lowest BCUT2D eigenvalue weighted by atomic mass is 9.92. The van der Waals surface area contributed by atoms with Crippen molar-refractivity contribution in [2.75, 3.05) is 25.5 Å². The molecule has 0 unspecified atom stereocenters. The summed E-state index contributed by atoms with van der Waals surface area (Å²) in [5, 5.41) is 5.66. The molecule has 1 heterocycles. The first kappa shape index (κ1) is 20.3. The first-order valence-corrected chi connectivity index (χ1v) is 7.59. The van der Waals surface area contributed by atoms with Gasteiger partial charge in [-0.3, -0.25) is 9.59 Å². The molecule has 1 aliphatic heterocycles. The van der Waals surface area contributed by atoms with E-state index in [2.05, 4.69) is 10.6 Å². The molecular weight excluding hydrogens is 340 g/mol. The summed E-state index contributed by atoms with van der Waals surface area (Å²) >= 11 is 0. The molecular formula is C16H22ClF2N3O2. The van der Waals surface area contributed by atoms with Crippen molar-refractivity contribution in [2.24, 2.45) is 5.92 Å². The first-order valence-electron chi connectivity index (χ1n) is 7.59. The molecule has 5 nitrogen and oxygen atoms in total. The van der Waals surface area contributed by atoms with Gasteiger partial charge < -0.3 is 15.5 Å². The number of halogens is 3. The standard InChI is InChI=1S/C16H21F2N3O2.ClH/c1-10-5-11(3-4-19-10)16(23)21(2)9-15(22)20-14-7-12(17)6-13(18)8-14;/h6-8,10-11,19H,3-5,9H2,1-2H3,(H,20,22);1H/t10-,11-;/m0./s1. The quantitative estimate of drug-likeness (QED) is 0.864. The second-order valence-electron chi connectivity index (χ2n) is 5.98. The van der Waals surface area contributed by atoms with Gasteiger partial charge in [-0.2, -0.15) is 0 Å². The average molecular weight is 362 g/mol. The number of carbonyl (C=O) groups is 2.